The van der Waals surface area contributed by atoms with Crippen molar-refractivity contribution < 1.29 is 21.6 Å². The van der Waals surface area contributed by atoms with Crippen LogP contribution < -0.4 is 10.0 Å². The first kappa shape index (κ1) is 23.3. The number of pyridine rings is 1. The summed E-state index contributed by atoms with van der Waals surface area (Å²) in [6.45, 7) is 2.55. The Labute approximate surface area is 194 Å². The molecule has 4 rings (SSSR count). The van der Waals surface area contributed by atoms with E-state index in [4.69, 9.17) is 11.6 Å². The van der Waals surface area contributed by atoms with E-state index in [9.17, 15) is 21.6 Å². The molecule has 0 spiro atoms. The van der Waals surface area contributed by atoms with Gasteiger partial charge in [0.2, 0.25) is 5.95 Å². The van der Waals surface area contributed by atoms with E-state index >= 15 is 0 Å². The Hall–Kier alpha value is -2.82. The number of rotatable bonds is 8. The summed E-state index contributed by atoms with van der Waals surface area (Å²) in [5.41, 5.74) is 1.34. The Balaban J connectivity index is 1.53. The first-order valence-electron chi connectivity index (χ1n) is 10.1. The number of benzene rings is 2. The summed E-state index contributed by atoms with van der Waals surface area (Å²) in [6, 6.07) is 10.2. The standard InChI is InChI=1S/C22H20ClF3N4O2S/c23-16-10-20(33(31,32)29-22-7-2-6-21(26)28-22)18(25)11-19(16)27-12-15-14(4-1-5-17(15)24)13-30-8-3-9-30/h1-2,4-7,10-11,27H,3,8-9,12-13H2,(H,28,29). The molecule has 1 fully saturated rings. The topological polar surface area (TPSA) is 74.3 Å². The van der Waals surface area contributed by atoms with Crippen molar-refractivity contribution in [2.75, 3.05) is 23.1 Å². The Morgan fingerprint density at radius 3 is 2.48 bits per heavy atom. The maximum atomic E-state index is 14.7. The predicted octanol–water partition coefficient (Wildman–Crippen LogP) is 4.77. The molecule has 1 aromatic heterocycles. The van der Waals surface area contributed by atoms with Gasteiger partial charge in [-0.15, -0.1) is 0 Å². The molecule has 174 valence electrons. The molecule has 3 aromatic rings. The average molecular weight is 497 g/mol. The Bertz CT molecular complexity index is 1290. The second-order valence-electron chi connectivity index (χ2n) is 7.57. The minimum absolute atomic E-state index is 0.0343. The number of anilines is 2. The molecule has 2 N–H and O–H groups in total. The van der Waals surface area contributed by atoms with Gasteiger partial charge in [0.15, 0.2) is 0 Å². The normalized spacial score (nSPS) is 14.1. The van der Waals surface area contributed by atoms with Gasteiger partial charge < -0.3 is 5.32 Å². The van der Waals surface area contributed by atoms with Crippen LogP contribution in [0.5, 0.6) is 0 Å². The van der Waals surface area contributed by atoms with Crippen LogP contribution in [-0.4, -0.2) is 31.4 Å². The molecule has 0 unspecified atom stereocenters. The molecule has 1 saturated heterocycles. The smallest absolute Gasteiger partial charge is 0.266 e. The van der Waals surface area contributed by atoms with Crippen molar-refractivity contribution in [3.63, 3.8) is 0 Å². The largest absolute Gasteiger partial charge is 0.380 e. The van der Waals surface area contributed by atoms with Gasteiger partial charge in [0.1, 0.15) is 22.3 Å². The fourth-order valence-corrected chi connectivity index (χ4v) is 4.82. The van der Waals surface area contributed by atoms with Gasteiger partial charge in [0.05, 0.1) is 10.7 Å². The van der Waals surface area contributed by atoms with Crippen LogP contribution in [-0.2, 0) is 23.1 Å². The van der Waals surface area contributed by atoms with E-state index in [2.05, 4.69) is 15.2 Å². The number of nitrogens with one attached hydrogen (secondary N) is 2. The van der Waals surface area contributed by atoms with Gasteiger partial charge in [-0.1, -0.05) is 29.8 Å². The highest BCUT2D eigenvalue weighted by atomic mass is 35.5. The zero-order chi connectivity index (χ0) is 23.6. The number of hydrogen-bond donors (Lipinski definition) is 2. The monoisotopic (exact) mass is 496 g/mol. The third-order valence-electron chi connectivity index (χ3n) is 5.28. The quantitative estimate of drug-likeness (QED) is 0.439. The molecule has 2 aromatic carbocycles. The first-order chi connectivity index (χ1) is 15.7. The third kappa shape index (κ3) is 5.40. The van der Waals surface area contributed by atoms with Gasteiger partial charge in [-0.2, -0.15) is 4.39 Å². The summed E-state index contributed by atoms with van der Waals surface area (Å²) in [5, 5.41) is 2.81. The summed E-state index contributed by atoms with van der Waals surface area (Å²) < 4.78 is 69.6. The fourth-order valence-electron chi connectivity index (χ4n) is 3.44. The molecule has 0 bridgehead atoms. The van der Waals surface area contributed by atoms with Crippen molar-refractivity contribution >= 4 is 33.1 Å². The number of sulfonamides is 1. The number of hydrogen-bond acceptors (Lipinski definition) is 5. The Kier molecular flexibility index (Phi) is 6.78. The van der Waals surface area contributed by atoms with E-state index in [0.29, 0.717) is 12.1 Å². The van der Waals surface area contributed by atoms with Crippen LogP contribution in [0.1, 0.15) is 17.5 Å². The minimum atomic E-state index is -4.42. The number of nitrogens with zero attached hydrogens (tertiary/aromatic N) is 2. The lowest BCUT2D eigenvalue weighted by molar-refractivity contribution is 0.172. The highest BCUT2D eigenvalue weighted by molar-refractivity contribution is 7.92. The molecule has 0 saturated carbocycles. The molecule has 0 atom stereocenters. The van der Waals surface area contributed by atoms with Crippen molar-refractivity contribution in [1.82, 2.24) is 9.88 Å². The molecular weight excluding hydrogens is 477 g/mol. The highest BCUT2D eigenvalue weighted by Crippen LogP contribution is 2.30. The molecule has 2 heterocycles. The van der Waals surface area contributed by atoms with Crippen molar-refractivity contribution in [2.45, 2.75) is 24.4 Å². The molecule has 6 nitrogen and oxygen atoms in total. The molecular formula is C22H20ClF3N4O2S. The van der Waals surface area contributed by atoms with Crippen LogP contribution in [0, 0.1) is 17.6 Å². The summed E-state index contributed by atoms with van der Waals surface area (Å²) in [5.74, 6) is -2.68. The lowest BCUT2D eigenvalue weighted by Gasteiger charge is -2.31. The van der Waals surface area contributed by atoms with Crippen molar-refractivity contribution in [3.05, 3.63) is 82.3 Å². The van der Waals surface area contributed by atoms with E-state index in [-0.39, 0.29) is 23.1 Å². The zero-order valence-electron chi connectivity index (χ0n) is 17.3. The van der Waals surface area contributed by atoms with Gasteiger partial charge in [0, 0.05) is 18.7 Å². The van der Waals surface area contributed by atoms with E-state index in [1.54, 1.807) is 6.07 Å². The average Bonchev–Trinajstić information content (AvgIpc) is 2.71. The van der Waals surface area contributed by atoms with Crippen LogP contribution >= 0.6 is 11.6 Å². The summed E-state index contributed by atoms with van der Waals surface area (Å²) in [7, 11) is -4.42. The maximum absolute atomic E-state index is 14.7. The van der Waals surface area contributed by atoms with Crippen LogP contribution in [0.2, 0.25) is 5.02 Å². The molecule has 0 amide bonds. The van der Waals surface area contributed by atoms with Gasteiger partial charge >= 0.3 is 0 Å². The Morgan fingerprint density at radius 1 is 1.03 bits per heavy atom. The van der Waals surface area contributed by atoms with Gasteiger partial charge in [-0.3, -0.25) is 9.62 Å². The summed E-state index contributed by atoms with van der Waals surface area (Å²) in [4.78, 5) is 4.86. The van der Waals surface area contributed by atoms with Crippen molar-refractivity contribution in [2.24, 2.45) is 0 Å². The summed E-state index contributed by atoms with van der Waals surface area (Å²) in [6.07, 6.45) is 1.11. The van der Waals surface area contributed by atoms with Gasteiger partial charge in [-0.05, 0) is 55.4 Å². The number of aromatic nitrogens is 1. The van der Waals surface area contributed by atoms with Crippen LogP contribution in [0.4, 0.5) is 24.7 Å². The SMILES string of the molecule is O=S(=O)(Nc1cccc(F)n1)c1cc(Cl)c(NCc2c(F)cccc2CN2CCC2)cc1F. The van der Waals surface area contributed by atoms with Gasteiger partial charge in [-0.25, -0.2) is 22.2 Å². The molecule has 0 aliphatic carbocycles. The number of halogens is 4. The predicted molar refractivity (Wildman–Crippen MR) is 120 cm³/mol. The van der Waals surface area contributed by atoms with E-state index in [0.717, 1.165) is 43.3 Å². The molecule has 1 aliphatic heterocycles. The minimum Gasteiger partial charge on any atom is -0.380 e. The number of likely N-dealkylation sites (tertiary alicyclic amines) is 1. The second kappa shape index (κ2) is 9.58. The van der Waals surface area contributed by atoms with E-state index < -0.39 is 32.5 Å². The van der Waals surface area contributed by atoms with E-state index in [1.165, 1.54) is 18.2 Å². The van der Waals surface area contributed by atoms with Crippen LogP contribution in [0.3, 0.4) is 0 Å². The molecule has 33 heavy (non-hydrogen) atoms. The van der Waals surface area contributed by atoms with Crippen molar-refractivity contribution in [3.8, 4) is 0 Å². The van der Waals surface area contributed by atoms with Crippen LogP contribution in [0.25, 0.3) is 0 Å². The van der Waals surface area contributed by atoms with Gasteiger partial charge in [0.25, 0.3) is 10.0 Å². The maximum Gasteiger partial charge on any atom is 0.266 e. The van der Waals surface area contributed by atoms with E-state index in [1.807, 2.05) is 10.8 Å². The lowest BCUT2D eigenvalue weighted by Crippen LogP contribution is -2.36. The fraction of sp³-hybridized carbons (Fsp3) is 0.227. The zero-order valence-corrected chi connectivity index (χ0v) is 18.9. The highest BCUT2D eigenvalue weighted by Gasteiger charge is 2.23. The summed E-state index contributed by atoms with van der Waals surface area (Å²) >= 11 is 6.20. The Morgan fingerprint density at radius 2 is 1.79 bits per heavy atom. The second-order valence-corrected chi connectivity index (χ2v) is 9.63. The molecule has 11 heteroatoms. The molecule has 1 aliphatic rings. The first-order valence-corrected chi connectivity index (χ1v) is 12.0. The lowest BCUT2D eigenvalue weighted by atomic mass is 10.0. The molecule has 0 radical (unpaired) electrons. The van der Waals surface area contributed by atoms with Crippen molar-refractivity contribution in [1.29, 1.82) is 0 Å². The van der Waals surface area contributed by atoms with Crippen LogP contribution in [0.15, 0.2) is 53.4 Å². The third-order valence-corrected chi connectivity index (χ3v) is 6.96.